The third-order valence-electron chi connectivity index (χ3n) is 5.42. The fourth-order valence-electron chi connectivity index (χ4n) is 3.54. The van der Waals surface area contributed by atoms with E-state index >= 15 is 0 Å². The SMILES string of the molecule is COC(=O)c1cc(CN2CCOCC2)ccc1NC(=O)c1csc(N2CC(OC)C2)n1. The molecular weight excluding hydrogens is 420 g/mol. The van der Waals surface area contributed by atoms with Crippen LogP contribution < -0.4 is 10.2 Å². The highest BCUT2D eigenvalue weighted by Gasteiger charge is 2.29. The Morgan fingerprint density at radius 1 is 1.26 bits per heavy atom. The Kier molecular flexibility index (Phi) is 6.81. The summed E-state index contributed by atoms with van der Waals surface area (Å²) in [6.07, 6.45) is 0.208. The van der Waals surface area contributed by atoms with Crippen molar-refractivity contribution in [3.05, 3.63) is 40.4 Å². The van der Waals surface area contributed by atoms with Crippen molar-refractivity contribution in [2.75, 3.05) is 63.8 Å². The molecule has 0 bridgehead atoms. The van der Waals surface area contributed by atoms with Gasteiger partial charge in [0, 0.05) is 45.2 Å². The molecule has 31 heavy (non-hydrogen) atoms. The van der Waals surface area contributed by atoms with Gasteiger partial charge in [0.2, 0.25) is 0 Å². The molecule has 1 amide bonds. The second-order valence-electron chi connectivity index (χ2n) is 7.49. The first kappa shape index (κ1) is 21.7. The molecule has 9 nitrogen and oxygen atoms in total. The number of hydrogen-bond donors (Lipinski definition) is 1. The first-order chi connectivity index (χ1) is 15.1. The lowest BCUT2D eigenvalue weighted by Crippen LogP contribution is -2.51. The van der Waals surface area contributed by atoms with E-state index in [1.165, 1.54) is 18.4 Å². The van der Waals surface area contributed by atoms with Crippen LogP contribution in [0.15, 0.2) is 23.6 Å². The van der Waals surface area contributed by atoms with Crippen LogP contribution in [0, 0.1) is 0 Å². The highest BCUT2D eigenvalue weighted by Crippen LogP contribution is 2.27. The van der Waals surface area contributed by atoms with Crippen LogP contribution in [-0.2, 0) is 20.8 Å². The lowest BCUT2D eigenvalue weighted by atomic mass is 10.1. The minimum Gasteiger partial charge on any atom is -0.465 e. The molecular formula is C21H26N4O5S. The van der Waals surface area contributed by atoms with Crippen molar-refractivity contribution in [2.45, 2.75) is 12.6 Å². The average molecular weight is 447 g/mol. The molecule has 2 fully saturated rings. The van der Waals surface area contributed by atoms with E-state index in [1.807, 2.05) is 6.07 Å². The van der Waals surface area contributed by atoms with Crippen molar-refractivity contribution in [1.29, 1.82) is 0 Å². The maximum Gasteiger partial charge on any atom is 0.339 e. The number of hydrogen-bond acceptors (Lipinski definition) is 9. The number of benzene rings is 1. The van der Waals surface area contributed by atoms with E-state index in [9.17, 15) is 9.59 Å². The lowest BCUT2D eigenvalue weighted by Gasteiger charge is -2.37. The summed E-state index contributed by atoms with van der Waals surface area (Å²) in [4.78, 5) is 33.9. The van der Waals surface area contributed by atoms with Crippen molar-refractivity contribution >= 4 is 34.0 Å². The van der Waals surface area contributed by atoms with Gasteiger partial charge in [-0.1, -0.05) is 6.07 Å². The van der Waals surface area contributed by atoms with E-state index in [-0.39, 0.29) is 12.0 Å². The molecule has 0 radical (unpaired) electrons. The van der Waals surface area contributed by atoms with Crippen molar-refractivity contribution in [3.8, 4) is 0 Å². The number of nitrogens with one attached hydrogen (secondary N) is 1. The first-order valence-electron chi connectivity index (χ1n) is 10.1. The number of carbonyl (C=O) groups excluding carboxylic acids is 2. The fourth-order valence-corrected chi connectivity index (χ4v) is 4.36. The number of thiazole rings is 1. The molecule has 2 saturated heterocycles. The molecule has 4 rings (SSSR count). The molecule has 166 valence electrons. The Hall–Kier alpha value is -2.53. The van der Waals surface area contributed by atoms with Crippen molar-refractivity contribution in [3.63, 3.8) is 0 Å². The number of morpholine rings is 1. The predicted octanol–water partition coefficient (Wildman–Crippen LogP) is 1.85. The molecule has 0 atom stereocenters. The zero-order valence-corrected chi connectivity index (χ0v) is 18.4. The molecule has 1 N–H and O–H groups in total. The summed E-state index contributed by atoms with van der Waals surface area (Å²) in [7, 11) is 3.02. The van der Waals surface area contributed by atoms with Crippen LogP contribution in [0.4, 0.5) is 10.8 Å². The summed E-state index contributed by atoms with van der Waals surface area (Å²) in [5.74, 6) is -0.860. The monoisotopic (exact) mass is 446 g/mol. The van der Waals surface area contributed by atoms with Gasteiger partial charge in [0.15, 0.2) is 5.13 Å². The van der Waals surface area contributed by atoms with Gasteiger partial charge >= 0.3 is 5.97 Å². The van der Waals surface area contributed by atoms with Crippen LogP contribution in [0.25, 0.3) is 0 Å². The van der Waals surface area contributed by atoms with Gasteiger partial charge in [-0.15, -0.1) is 11.3 Å². The zero-order valence-electron chi connectivity index (χ0n) is 17.6. The Labute approximate surface area is 184 Å². The molecule has 3 heterocycles. The van der Waals surface area contributed by atoms with Crippen LogP contribution in [0.2, 0.25) is 0 Å². The summed E-state index contributed by atoms with van der Waals surface area (Å²) in [6, 6.07) is 5.43. The number of aromatic nitrogens is 1. The quantitative estimate of drug-likeness (QED) is 0.644. The number of amides is 1. The van der Waals surface area contributed by atoms with Crippen LogP contribution in [0.3, 0.4) is 0 Å². The molecule has 2 aromatic rings. The smallest absolute Gasteiger partial charge is 0.339 e. The van der Waals surface area contributed by atoms with Crippen molar-refractivity contribution < 1.29 is 23.8 Å². The van der Waals surface area contributed by atoms with Gasteiger partial charge in [-0.3, -0.25) is 9.69 Å². The molecule has 10 heteroatoms. The lowest BCUT2D eigenvalue weighted by molar-refractivity contribution is 0.0341. The van der Waals surface area contributed by atoms with E-state index in [0.717, 1.165) is 36.9 Å². The van der Waals surface area contributed by atoms with Gasteiger partial charge < -0.3 is 24.4 Å². The third kappa shape index (κ3) is 5.04. The molecule has 0 spiro atoms. The topological polar surface area (TPSA) is 93.2 Å². The standard InChI is InChI=1S/C21H26N4O5S/c1-28-15-11-25(12-15)21-23-18(13-31-21)19(26)22-17-4-3-14(9-16(17)20(27)29-2)10-24-5-7-30-8-6-24/h3-4,9,13,15H,5-8,10-12H2,1-2H3,(H,22,26). The van der Waals surface area contributed by atoms with E-state index < -0.39 is 5.97 Å². The summed E-state index contributed by atoms with van der Waals surface area (Å²) in [6.45, 7) is 5.34. The third-order valence-corrected chi connectivity index (χ3v) is 6.33. The van der Waals surface area contributed by atoms with Gasteiger partial charge in [0.05, 0.1) is 37.7 Å². The van der Waals surface area contributed by atoms with E-state index in [4.69, 9.17) is 14.2 Å². The normalized spacial score (nSPS) is 17.3. The maximum atomic E-state index is 12.8. The Morgan fingerprint density at radius 2 is 2.03 bits per heavy atom. The summed E-state index contributed by atoms with van der Waals surface area (Å²) in [5, 5.41) is 5.31. The number of esters is 1. The summed E-state index contributed by atoms with van der Waals surface area (Å²) in [5.41, 5.74) is 2.01. The number of carbonyl (C=O) groups is 2. The van der Waals surface area contributed by atoms with Crippen LogP contribution >= 0.6 is 11.3 Å². The average Bonchev–Trinajstić information content (AvgIpc) is 3.24. The highest BCUT2D eigenvalue weighted by molar-refractivity contribution is 7.14. The van der Waals surface area contributed by atoms with Crippen LogP contribution in [0.5, 0.6) is 0 Å². The Balaban J connectivity index is 1.46. The molecule has 0 unspecified atom stereocenters. The Bertz CT molecular complexity index is 938. The number of ether oxygens (including phenoxy) is 3. The van der Waals surface area contributed by atoms with Crippen molar-refractivity contribution in [1.82, 2.24) is 9.88 Å². The second kappa shape index (κ2) is 9.73. The molecule has 2 aliphatic heterocycles. The number of rotatable bonds is 7. The molecule has 2 aliphatic rings. The first-order valence-corrected chi connectivity index (χ1v) is 11.0. The minimum absolute atomic E-state index is 0.208. The maximum absolute atomic E-state index is 12.8. The molecule has 0 aliphatic carbocycles. The minimum atomic E-state index is -0.496. The fraction of sp³-hybridized carbons (Fsp3) is 0.476. The summed E-state index contributed by atoms with van der Waals surface area (Å²) < 4.78 is 15.6. The largest absolute Gasteiger partial charge is 0.465 e. The molecule has 1 aromatic carbocycles. The molecule has 0 saturated carbocycles. The van der Waals surface area contributed by atoms with Crippen molar-refractivity contribution in [2.24, 2.45) is 0 Å². The van der Waals surface area contributed by atoms with Gasteiger partial charge in [0.25, 0.3) is 5.91 Å². The van der Waals surface area contributed by atoms with Gasteiger partial charge in [-0.2, -0.15) is 0 Å². The van der Waals surface area contributed by atoms with Gasteiger partial charge in [0.1, 0.15) is 5.69 Å². The van der Waals surface area contributed by atoms with Crippen LogP contribution in [0.1, 0.15) is 26.4 Å². The van der Waals surface area contributed by atoms with E-state index in [1.54, 1.807) is 24.6 Å². The van der Waals surface area contributed by atoms with Gasteiger partial charge in [-0.05, 0) is 17.7 Å². The van der Waals surface area contributed by atoms with Gasteiger partial charge in [-0.25, -0.2) is 9.78 Å². The second-order valence-corrected chi connectivity index (χ2v) is 8.33. The molecule has 1 aromatic heterocycles. The van der Waals surface area contributed by atoms with E-state index in [2.05, 4.69) is 20.1 Å². The van der Waals surface area contributed by atoms with E-state index in [0.29, 0.717) is 36.7 Å². The summed E-state index contributed by atoms with van der Waals surface area (Å²) >= 11 is 1.41. The van der Waals surface area contributed by atoms with Crippen LogP contribution in [-0.4, -0.2) is 81.5 Å². The number of anilines is 2. The zero-order chi connectivity index (χ0) is 21.8. The highest BCUT2D eigenvalue weighted by atomic mass is 32.1. The Morgan fingerprint density at radius 3 is 2.74 bits per heavy atom. The number of nitrogens with zero attached hydrogens (tertiary/aromatic N) is 3. The predicted molar refractivity (Wildman–Crippen MR) is 117 cm³/mol. The number of methoxy groups -OCH3 is 2.